The number of rotatable bonds is 8. The predicted molar refractivity (Wildman–Crippen MR) is 148 cm³/mol. The number of alkyl halides is 3. The Hall–Kier alpha value is -3.10. The summed E-state index contributed by atoms with van der Waals surface area (Å²) >= 11 is 0. The van der Waals surface area contributed by atoms with Crippen molar-refractivity contribution in [3.05, 3.63) is 98.9 Å². The van der Waals surface area contributed by atoms with Gasteiger partial charge in [-0.3, -0.25) is 0 Å². The Morgan fingerprint density at radius 3 is 1.98 bits per heavy atom. The quantitative estimate of drug-likeness (QED) is 0.182. The standard InChI is InChI=1S/C34H34F8O/c1-2-3-20-17-28(35)26(29(36)18-20)15-5-19-4-14-25-27(16-19)32(38)33(39)30(31(25)37)23-8-6-21(7-9-23)22-10-12-24(13-11-22)43-34(40,41)42/h10-13,17-19,21,23H,2-9,14-16H2,1H3. The maximum atomic E-state index is 15.8. The summed E-state index contributed by atoms with van der Waals surface area (Å²) in [5.74, 6) is -5.10. The molecule has 0 aromatic heterocycles. The average Bonchev–Trinajstić information content (AvgIpc) is 2.96. The topological polar surface area (TPSA) is 9.23 Å². The fourth-order valence-electron chi connectivity index (χ4n) is 6.92. The third-order valence-corrected chi connectivity index (χ3v) is 9.12. The van der Waals surface area contributed by atoms with Gasteiger partial charge in [0.1, 0.15) is 23.2 Å². The number of halogens is 8. The van der Waals surface area contributed by atoms with Crippen molar-refractivity contribution in [1.29, 1.82) is 0 Å². The molecule has 0 amide bonds. The molecule has 0 spiro atoms. The van der Waals surface area contributed by atoms with Crippen LogP contribution < -0.4 is 4.74 Å². The molecule has 1 fully saturated rings. The second-order valence-electron chi connectivity index (χ2n) is 11.9. The molecule has 2 aliphatic carbocycles. The van der Waals surface area contributed by atoms with E-state index in [0.29, 0.717) is 50.5 Å². The minimum absolute atomic E-state index is 0.00284. The third kappa shape index (κ3) is 7.01. The predicted octanol–water partition coefficient (Wildman–Crippen LogP) is 10.4. The summed E-state index contributed by atoms with van der Waals surface area (Å²) < 4.78 is 117. The average molecular weight is 611 g/mol. The molecule has 0 aliphatic heterocycles. The van der Waals surface area contributed by atoms with Crippen molar-refractivity contribution in [3.8, 4) is 5.75 Å². The molecule has 0 radical (unpaired) electrons. The number of hydrogen-bond donors (Lipinski definition) is 0. The molecular weight excluding hydrogens is 576 g/mol. The van der Waals surface area contributed by atoms with Gasteiger partial charge in [0, 0.05) is 11.1 Å². The highest BCUT2D eigenvalue weighted by molar-refractivity contribution is 5.41. The largest absolute Gasteiger partial charge is 0.573 e. The lowest BCUT2D eigenvalue weighted by atomic mass is 9.73. The summed E-state index contributed by atoms with van der Waals surface area (Å²) in [6, 6.07) is 8.31. The van der Waals surface area contributed by atoms with Crippen molar-refractivity contribution in [3.63, 3.8) is 0 Å². The van der Waals surface area contributed by atoms with Crippen LogP contribution in [0.25, 0.3) is 0 Å². The minimum atomic E-state index is -4.78. The Bertz CT molecular complexity index is 1420. The fraction of sp³-hybridized carbons (Fsp3) is 0.471. The Labute approximate surface area is 246 Å². The zero-order valence-electron chi connectivity index (χ0n) is 23.9. The van der Waals surface area contributed by atoms with E-state index in [2.05, 4.69) is 4.74 Å². The first kappa shape index (κ1) is 31.3. The maximum absolute atomic E-state index is 15.8. The van der Waals surface area contributed by atoms with Crippen LogP contribution in [0.1, 0.15) is 97.1 Å². The van der Waals surface area contributed by atoms with Crippen LogP contribution in [0.15, 0.2) is 36.4 Å². The van der Waals surface area contributed by atoms with Gasteiger partial charge in [-0.05, 0) is 128 Å². The molecule has 5 rings (SSSR count). The van der Waals surface area contributed by atoms with Gasteiger partial charge in [-0.1, -0.05) is 25.5 Å². The van der Waals surface area contributed by atoms with E-state index >= 15 is 13.2 Å². The first-order valence-electron chi connectivity index (χ1n) is 15.0. The van der Waals surface area contributed by atoms with Gasteiger partial charge in [-0.15, -0.1) is 13.2 Å². The number of aryl methyl sites for hydroxylation is 1. The summed E-state index contributed by atoms with van der Waals surface area (Å²) in [6.07, 6.45) is -0.187. The molecule has 0 saturated heterocycles. The second-order valence-corrected chi connectivity index (χ2v) is 11.9. The highest BCUT2D eigenvalue weighted by Gasteiger charge is 2.35. The first-order chi connectivity index (χ1) is 20.4. The summed E-state index contributed by atoms with van der Waals surface area (Å²) in [7, 11) is 0. The van der Waals surface area contributed by atoms with Gasteiger partial charge >= 0.3 is 6.36 Å². The molecule has 232 valence electrons. The van der Waals surface area contributed by atoms with Crippen molar-refractivity contribution < 1.29 is 39.9 Å². The molecular formula is C34H34F8O. The van der Waals surface area contributed by atoms with E-state index in [9.17, 15) is 22.0 Å². The van der Waals surface area contributed by atoms with Crippen molar-refractivity contribution in [2.45, 2.75) is 95.8 Å². The monoisotopic (exact) mass is 610 g/mol. The van der Waals surface area contributed by atoms with Gasteiger partial charge < -0.3 is 4.74 Å². The van der Waals surface area contributed by atoms with Gasteiger partial charge in [-0.25, -0.2) is 22.0 Å². The number of benzene rings is 3. The van der Waals surface area contributed by atoms with E-state index in [-0.39, 0.29) is 59.1 Å². The molecule has 1 unspecified atom stereocenters. The Morgan fingerprint density at radius 1 is 0.744 bits per heavy atom. The highest BCUT2D eigenvalue weighted by atomic mass is 19.4. The molecule has 0 heterocycles. The molecule has 3 aromatic carbocycles. The molecule has 2 aliphatic rings. The smallest absolute Gasteiger partial charge is 0.406 e. The summed E-state index contributed by atoms with van der Waals surface area (Å²) in [4.78, 5) is 0. The number of ether oxygens (including phenoxy) is 1. The Kier molecular flexibility index (Phi) is 9.37. The van der Waals surface area contributed by atoms with Crippen LogP contribution in [0.3, 0.4) is 0 Å². The van der Waals surface area contributed by atoms with Crippen LogP contribution in [0.5, 0.6) is 5.75 Å². The van der Waals surface area contributed by atoms with Crippen LogP contribution >= 0.6 is 0 Å². The number of hydrogen-bond acceptors (Lipinski definition) is 1. The zero-order chi connectivity index (χ0) is 30.9. The summed E-state index contributed by atoms with van der Waals surface area (Å²) in [5.41, 5.74) is 1.38. The molecule has 9 heteroatoms. The Balaban J connectivity index is 1.24. The van der Waals surface area contributed by atoms with E-state index in [1.54, 1.807) is 12.1 Å². The summed E-state index contributed by atoms with van der Waals surface area (Å²) in [6.45, 7) is 1.93. The lowest BCUT2D eigenvalue weighted by Gasteiger charge is -2.32. The lowest BCUT2D eigenvalue weighted by Crippen LogP contribution is -2.23. The van der Waals surface area contributed by atoms with E-state index < -0.39 is 41.4 Å². The van der Waals surface area contributed by atoms with Crippen LogP contribution in [-0.2, 0) is 25.7 Å². The van der Waals surface area contributed by atoms with E-state index in [1.807, 2.05) is 6.92 Å². The van der Waals surface area contributed by atoms with Gasteiger partial charge in [0.2, 0.25) is 0 Å². The first-order valence-corrected chi connectivity index (χ1v) is 15.0. The van der Waals surface area contributed by atoms with Crippen molar-refractivity contribution in [1.82, 2.24) is 0 Å². The third-order valence-electron chi connectivity index (χ3n) is 9.12. The molecule has 43 heavy (non-hydrogen) atoms. The highest BCUT2D eigenvalue weighted by Crippen LogP contribution is 2.45. The van der Waals surface area contributed by atoms with Gasteiger partial charge in [0.15, 0.2) is 11.6 Å². The molecule has 3 aromatic rings. The Morgan fingerprint density at radius 2 is 1.37 bits per heavy atom. The molecule has 0 bridgehead atoms. The van der Waals surface area contributed by atoms with Gasteiger partial charge in [0.25, 0.3) is 0 Å². The lowest BCUT2D eigenvalue weighted by molar-refractivity contribution is -0.274. The van der Waals surface area contributed by atoms with Crippen LogP contribution in [-0.4, -0.2) is 6.36 Å². The molecule has 1 nitrogen and oxygen atoms in total. The van der Waals surface area contributed by atoms with E-state index in [0.717, 1.165) is 12.0 Å². The fourth-order valence-corrected chi connectivity index (χ4v) is 6.92. The van der Waals surface area contributed by atoms with E-state index in [1.165, 1.54) is 24.3 Å². The minimum Gasteiger partial charge on any atom is -0.406 e. The molecule has 1 atom stereocenters. The van der Waals surface area contributed by atoms with Crippen LogP contribution in [0, 0.1) is 35.0 Å². The summed E-state index contributed by atoms with van der Waals surface area (Å²) in [5, 5.41) is 0. The van der Waals surface area contributed by atoms with E-state index in [4.69, 9.17) is 0 Å². The SMILES string of the molecule is CCCc1cc(F)c(CCC2CCc3c(F)c(C4CCC(c5ccc(OC(F)(F)F)cc5)CC4)c(F)c(F)c3C2)c(F)c1. The second kappa shape index (κ2) is 12.9. The normalized spacial score (nSPS) is 20.6. The van der Waals surface area contributed by atoms with Crippen molar-refractivity contribution in [2.24, 2.45) is 5.92 Å². The number of fused-ring (bicyclic) bond motifs is 1. The molecule has 1 saturated carbocycles. The maximum Gasteiger partial charge on any atom is 0.573 e. The van der Waals surface area contributed by atoms with Crippen molar-refractivity contribution in [2.75, 3.05) is 0 Å². The van der Waals surface area contributed by atoms with Gasteiger partial charge in [-0.2, -0.15) is 0 Å². The van der Waals surface area contributed by atoms with Gasteiger partial charge in [0.05, 0.1) is 0 Å². The van der Waals surface area contributed by atoms with Crippen LogP contribution in [0.2, 0.25) is 0 Å². The van der Waals surface area contributed by atoms with Crippen molar-refractivity contribution >= 4 is 0 Å². The zero-order valence-corrected chi connectivity index (χ0v) is 23.9. The van der Waals surface area contributed by atoms with Crippen LogP contribution in [0.4, 0.5) is 35.1 Å². The molecule has 0 N–H and O–H groups in total.